The first kappa shape index (κ1) is 36.4. The molecule has 4 nitrogen and oxygen atoms in total. The fourth-order valence-corrected chi connectivity index (χ4v) is 3.79. The van der Waals surface area contributed by atoms with Crippen LogP contribution < -0.4 is 0 Å². The van der Waals surface area contributed by atoms with E-state index in [1.54, 1.807) is 0 Å². The van der Waals surface area contributed by atoms with Crippen molar-refractivity contribution in [3.8, 4) is 0 Å². The second kappa shape index (κ2) is 12.7. The molecule has 0 aromatic heterocycles. The summed E-state index contributed by atoms with van der Waals surface area (Å²) in [5.41, 5.74) is -2.10. The Bertz CT molecular complexity index is 637. The summed E-state index contributed by atoms with van der Waals surface area (Å²) in [6, 6.07) is 0. The van der Waals surface area contributed by atoms with Gasteiger partial charge in [-0.2, -0.15) is 26.3 Å². The smallest absolute Gasteiger partial charge is 0.421 e. The number of carboxylic acid groups (broad SMARTS) is 2. The van der Waals surface area contributed by atoms with Gasteiger partial charge < -0.3 is 10.2 Å². The van der Waals surface area contributed by atoms with Gasteiger partial charge in [0.2, 0.25) is 8.67 Å². The van der Waals surface area contributed by atoms with Crippen LogP contribution in [-0.4, -0.2) is 53.9 Å². The van der Waals surface area contributed by atoms with Crippen LogP contribution in [0.25, 0.3) is 0 Å². The molecule has 2 unspecified atom stereocenters. The number of aliphatic carboxylic acids is 2. The van der Waals surface area contributed by atoms with E-state index in [0.717, 1.165) is 0 Å². The molecule has 0 amide bonds. The van der Waals surface area contributed by atoms with Crippen molar-refractivity contribution in [3.63, 3.8) is 0 Å². The van der Waals surface area contributed by atoms with Crippen molar-refractivity contribution in [2.45, 2.75) is 85.2 Å². The highest BCUT2D eigenvalue weighted by molar-refractivity contribution is 6.49. The number of carboxylic acids is 2. The molecular weight excluding hydrogens is 607 g/mol. The molecule has 0 fully saturated rings. The van der Waals surface area contributed by atoms with E-state index in [0.29, 0.717) is 0 Å². The third-order valence-corrected chi connectivity index (χ3v) is 7.57. The zero-order valence-electron chi connectivity index (χ0n) is 18.2. The molecule has 16 heteroatoms. The summed E-state index contributed by atoms with van der Waals surface area (Å²) in [6.45, 7) is 5.77. The fourth-order valence-electron chi connectivity index (χ4n) is 2.24. The van der Waals surface area contributed by atoms with Gasteiger partial charge >= 0.3 is 24.3 Å². The normalized spacial score (nSPS) is 15.8. The lowest BCUT2D eigenvalue weighted by Gasteiger charge is -2.33. The second-order valence-corrected chi connectivity index (χ2v) is 12.9. The van der Waals surface area contributed by atoms with E-state index in [1.807, 2.05) is 0 Å². The first-order valence-corrected chi connectivity index (χ1v) is 11.6. The predicted molar refractivity (Wildman–Crippen MR) is 122 cm³/mol. The fraction of sp³-hybridized carbons (Fsp3) is 0.889. The average molecular weight is 631 g/mol. The topological polar surface area (TPSA) is 74.6 Å². The largest absolute Gasteiger partial charge is 0.481 e. The lowest BCUT2D eigenvalue weighted by molar-refractivity contribution is -0.146. The van der Waals surface area contributed by atoms with Crippen LogP contribution in [0.15, 0.2) is 0 Å². The molecule has 34 heavy (non-hydrogen) atoms. The van der Waals surface area contributed by atoms with Crippen LogP contribution in [0, 0.1) is 10.8 Å². The Morgan fingerprint density at radius 3 is 1.00 bits per heavy atom. The maximum absolute atomic E-state index is 12.4. The number of carbonyl (C=O) groups is 2. The van der Waals surface area contributed by atoms with Crippen LogP contribution in [0.5, 0.6) is 0 Å². The molecule has 0 aliphatic heterocycles. The highest BCUT2D eigenvalue weighted by Gasteiger charge is 2.55. The van der Waals surface area contributed by atoms with Gasteiger partial charge in [0.25, 0.3) is 0 Å². The lowest BCUT2D eigenvalue weighted by atomic mass is 9.83. The van der Waals surface area contributed by atoms with Crippen molar-refractivity contribution in [2.75, 3.05) is 0 Å². The van der Waals surface area contributed by atoms with E-state index in [1.165, 1.54) is 27.7 Å². The summed E-state index contributed by atoms with van der Waals surface area (Å²) in [6.07, 6.45) is -11.9. The molecular formula is C18H24Cl6F6O4. The molecule has 204 valence electrons. The molecule has 0 spiro atoms. The van der Waals surface area contributed by atoms with E-state index in [2.05, 4.69) is 0 Å². The Morgan fingerprint density at radius 1 is 0.647 bits per heavy atom. The van der Waals surface area contributed by atoms with Gasteiger partial charge in [-0.15, -0.1) is 23.2 Å². The van der Waals surface area contributed by atoms with Crippen LogP contribution in [-0.2, 0) is 9.59 Å². The summed E-state index contributed by atoms with van der Waals surface area (Å²) in [5.74, 6) is -2.30. The van der Waals surface area contributed by atoms with Crippen molar-refractivity contribution in [1.82, 2.24) is 0 Å². The van der Waals surface area contributed by atoms with Crippen LogP contribution in [0.1, 0.15) is 53.4 Å². The number of rotatable bonds is 10. The zero-order valence-corrected chi connectivity index (χ0v) is 22.8. The summed E-state index contributed by atoms with van der Waals surface area (Å²) in [7, 11) is 0. The standard InChI is InChI=1S/2C9H12Cl3F3O2/c2*1-7(2,4-6(16)17)5(10)3-8(11,12)9(13,14)15/h2*5H,3-4H2,1-2H3,(H,16,17). The lowest BCUT2D eigenvalue weighted by Crippen LogP contribution is -2.40. The Balaban J connectivity index is 0. The Kier molecular flexibility index (Phi) is 13.6. The Morgan fingerprint density at radius 2 is 0.853 bits per heavy atom. The van der Waals surface area contributed by atoms with Gasteiger partial charge in [0, 0.05) is 23.6 Å². The molecule has 0 saturated carbocycles. The first-order chi connectivity index (χ1) is 14.6. The number of alkyl halides is 12. The number of halogens is 12. The highest BCUT2D eigenvalue weighted by Crippen LogP contribution is 2.48. The van der Waals surface area contributed by atoms with Gasteiger partial charge in [0.05, 0.1) is 12.8 Å². The minimum Gasteiger partial charge on any atom is -0.481 e. The van der Waals surface area contributed by atoms with Crippen molar-refractivity contribution in [2.24, 2.45) is 10.8 Å². The SMILES string of the molecule is CC(C)(CC(=O)O)C(Cl)CC(Cl)(Cl)C(F)(F)F.CC(C)(CC(=O)O)C(Cl)CC(Cl)(Cl)C(F)(F)F. The van der Waals surface area contributed by atoms with Crippen LogP contribution in [0.4, 0.5) is 26.3 Å². The van der Waals surface area contributed by atoms with Crippen molar-refractivity contribution in [1.29, 1.82) is 0 Å². The van der Waals surface area contributed by atoms with Gasteiger partial charge in [0.1, 0.15) is 0 Å². The summed E-state index contributed by atoms with van der Waals surface area (Å²) in [5, 5.41) is 15.0. The van der Waals surface area contributed by atoms with E-state index in [4.69, 9.17) is 79.8 Å². The molecule has 2 atom stereocenters. The van der Waals surface area contributed by atoms with Gasteiger partial charge in [-0.05, 0) is 10.8 Å². The third kappa shape index (κ3) is 12.5. The average Bonchev–Trinajstić information content (AvgIpc) is 2.49. The van der Waals surface area contributed by atoms with E-state index < -0.39 is 67.4 Å². The monoisotopic (exact) mass is 628 g/mol. The van der Waals surface area contributed by atoms with Crippen LogP contribution >= 0.6 is 69.6 Å². The molecule has 0 bridgehead atoms. The summed E-state index contributed by atoms with van der Waals surface area (Å²) >= 11 is 32.2. The third-order valence-electron chi connectivity index (χ3n) is 4.61. The maximum Gasteiger partial charge on any atom is 0.421 e. The van der Waals surface area contributed by atoms with Crippen molar-refractivity contribution < 1.29 is 46.1 Å². The number of hydrogen-bond acceptors (Lipinski definition) is 2. The molecule has 0 rings (SSSR count). The molecule has 0 aromatic carbocycles. The second-order valence-electron chi connectivity index (χ2n) is 8.87. The summed E-state index contributed by atoms with van der Waals surface area (Å²) < 4.78 is 68.5. The van der Waals surface area contributed by atoms with Gasteiger partial charge in [-0.25, -0.2) is 0 Å². The van der Waals surface area contributed by atoms with Crippen molar-refractivity contribution in [3.05, 3.63) is 0 Å². The Hall–Kier alpha value is 0.260. The summed E-state index contributed by atoms with van der Waals surface area (Å²) in [4.78, 5) is 21.1. The minimum absolute atomic E-state index is 0.372. The van der Waals surface area contributed by atoms with E-state index >= 15 is 0 Å². The molecule has 0 aliphatic carbocycles. The molecule has 0 radical (unpaired) electrons. The maximum atomic E-state index is 12.4. The van der Waals surface area contributed by atoms with Crippen LogP contribution in [0.2, 0.25) is 0 Å². The minimum atomic E-state index is -4.82. The molecule has 0 aliphatic rings. The molecule has 0 saturated heterocycles. The molecule has 0 aromatic rings. The van der Waals surface area contributed by atoms with Crippen LogP contribution in [0.3, 0.4) is 0 Å². The predicted octanol–water partition coefficient (Wildman–Crippen LogP) is 8.44. The van der Waals surface area contributed by atoms with Gasteiger partial charge in [-0.3, -0.25) is 9.59 Å². The number of hydrogen-bond donors (Lipinski definition) is 2. The van der Waals surface area contributed by atoms with E-state index in [9.17, 15) is 35.9 Å². The zero-order chi connectivity index (χ0) is 28.1. The van der Waals surface area contributed by atoms with Crippen molar-refractivity contribution >= 4 is 81.5 Å². The molecule has 2 N–H and O–H groups in total. The van der Waals surface area contributed by atoms with Gasteiger partial charge in [0.15, 0.2) is 0 Å². The van der Waals surface area contributed by atoms with E-state index in [-0.39, 0.29) is 12.8 Å². The molecule has 0 heterocycles. The Labute approximate surface area is 223 Å². The first-order valence-electron chi connectivity index (χ1n) is 9.20. The van der Waals surface area contributed by atoms with Gasteiger partial charge in [-0.1, -0.05) is 74.1 Å². The highest BCUT2D eigenvalue weighted by atomic mass is 35.5. The quantitative estimate of drug-likeness (QED) is 0.188.